The number of nitrogens with zero attached hydrogens (tertiary/aromatic N) is 3. The van der Waals surface area contributed by atoms with E-state index in [1.54, 1.807) is 24.5 Å². The second-order valence-electron chi connectivity index (χ2n) is 6.36. The highest BCUT2D eigenvalue weighted by Crippen LogP contribution is 2.19. The topological polar surface area (TPSA) is 96.7 Å². The lowest BCUT2D eigenvalue weighted by atomic mass is 10.1. The Bertz CT molecular complexity index is 1090. The first-order valence-electron chi connectivity index (χ1n) is 8.94. The number of fused-ring (bicyclic) bond motifs is 1. The van der Waals surface area contributed by atoms with Gasteiger partial charge in [-0.3, -0.25) is 9.78 Å². The average Bonchev–Trinajstić information content (AvgIpc) is 3.34. The molecule has 7 nitrogen and oxygen atoms in total. The molecule has 1 aromatic carbocycles. The van der Waals surface area contributed by atoms with Crippen LogP contribution in [0.15, 0.2) is 53.4 Å². The van der Waals surface area contributed by atoms with Crippen LogP contribution >= 0.6 is 0 Å². The summed E-state index contributed by atoms with van der Waals surface area (Å²) in [5.41, 5.74) is 2.61. The number of aromatic nitrogens is 4. The lowest BCUT2D eigenvalue weighted by Crippen LogP contribution is -2.25. The number of amides is 1. The lowest BCUT2D eigenvalue weighted by Gasteiger charge is -2.04. The number of halogens is 1. The molecule has 2 N–H and O–H groups in total. The molecule has 142 valence electrons. The third-order valence-corrected chi connectivity index (χ3v) is 4.40. The van der Waals surface area contributed by atoms with Crippen LogP contribution in [0.2, 0.25) is 0 Å². The summed E-state index contributed by atoms with van der Waals surface area (Å²) in [5.74, 6) is 0.478. The number of carbonyl (C=O) groups excluding carboxylic acids is 1. The Labute approximate surface area is 160 Å². The van der Waals surface area contributed by atoms with E-state index in [4.69, 9.17) is 4.52 Å². The van der Waals surface area contributed by atoms with E-state index in [1.807, 2.05) is 12.3 Å². The zero-order valence-corrected chi connectivity index (χ0v) is 15.0. The van der Waals surface area contributed by atoms with E-state index in [-0.39, 0.29) is 18.1 Å². The van der Waals surface area contributed by atoms with Crippen molar-refractivity contribution < 1.29 is 13.7 Å². The van der Waals surface area contributed by atoms with Gasteiger partial charge < -0.3 is 14.8 Å². The van der Waals surface area contributed by atoms with Crippen LogP contribution in [0, 0.1) is 5.82 Å². The van der Waals surface area contributed by atoms with Crippen molar-refractivity contribution in [3.05, 3.63) is 66.2 Å². The highest BCUT2D eigenvalue weighted by molar-refractivity contribution is 5.83. The molecule has 8 heteroatoms. The SMILES string of the molecule is O=C(CCc1nc(-c2cccnc2)no1)NCCc1c[nH]c2ccc(F)cc12. The van der Waals surface area contributed by atoms with Crippen LogP contribution in [0.25, 0.3) is 22.3 Å². The molecule has 28 heavy (non-hydrogen) atoms. The number of carbonyl (C=O) groups is 1. The third kappa shape index (κ3) is 4.06. The number of aromatic amines is 1. The van der Waals surface area contributed by atoms with E-state index in [9.17, 15) is 9.18 Å². The zero-order chi connectivity index (χ0) is 19.3. The summed E-state index contributed by atoms with van der Waals surface area (Å²) in [7, 11) is 0. The third-order valence-electron chi connectivity index (χ3n) is 4.40. The first-order valence-corrected chi connectivity index (χ1v) is 8.94. The van der Waals surface area contributed by atoms with Gasteiger partial charge in [-0.1, -0.05) is 5.16 Å². The van der Waals surface area contributed by atoms with Gasteiger partial charge in [-0.05, 0) is 42.3 Å². The van der Waals surface area contributed by atoms with Crippen molar-refractivity contribution in [1.29, 1.82) is 0 Å². The van der Waals surface area contributed by atoms with Crippen LogP contribution in [0.5, 0.6) is 0 Å². The normalized spacial score (nSPS) is 11.0. The van der Waals surface area contributed by atoms with Crippen molar-refractivity contribution in [2.24, 2.45) is 0 Å². The largest absolute Gasteiger partial charge is 0.361 e. The Kier molecular flexibility index (Phi) is 5.09. The minimum Gasteiger partial charge on any atom is -0.361 e. The molecule has 4 rings (SSSR count). The first-order chi connectivity index (χ1) is 13.7. The Morgan fingerprint density at radius 1 is 1.25 bits per heavy atom. The van der Waals surface area contributed by atoms with Crippen LogP contribution in [-0.2, 0) is 17.6 Å². The maximum Gasteiger partial charge on any atom is 0.227 e. The highest BCUT2D eigenvalue weighted by atomic mass is 19.1. The van der Waals surface area contributed by atoms with Crippen LogP contribution in [0.4, 0.5) is 4.39 Å². The van der Waals surface area contributed by atoms with Gasteiger partial charge in [0, 0.05) is 54.4 Å². The quantitative estimate of drug-likeness (QED) is 0.514. The highest BCUT2D eigenvalue weighted by Gasteiger charge is 2.11. The zero-order valence-electron chi connectivity index (χ0n) is 15.0. The van der Waals surface area contributed by atoms with Gasteiger partial charge in [-0.15, -0.1) is 0 Å². The molecule has 1 amide bonds. The summed E-state index contributed by atoms with van der Waals surface area (Å²) < 4.78 is 18.6. The van der Waals surface area contributed by atoms with Crippen molar-refractivity contribution in [1.82, 2.24) is 25.4 Å². The molecule has 3 heterocycles. The standard InChI is InChI=1S/C20H18FN5O2/c21-15-3-4-17-16(10-15)13(12-24-17)7-9-23-18(27)5-6-19-25-20(26-28-19)14-2-1-8-22-11-14/h1-4,8,10-12,24H,5-7,9H2,(H,23,27). The summed E-state index contributed by atoms with van der Waals surface area (Å²) >= 11 is 0. The first kappa shape index (κ1) is 17.8. The molecule has 0 aliphatic rings. The second kappa shape index (κ2) is 7.99. The minimum absolute atomic E-state index is 0.104. The van der Waals surface area contributed by atoms with E-state index < -0.39 is 0 Å². The van der Waals surface area contributed by atoms with Gasteiger partial charge in [0.15, 0.2) is 0 Å². The number of hydrogen-bond donors (Lipinski definition) is 2. The molecular weight excluding hydrogens is 361 g/mol. The fourth-order valence-electron chi connectivity index (χ4n) is 2.97. The van der Waals surface area contributed by atoms with Gasteiger partial charge in [-0.25, -0.2) is 4.39 Å². The molecule has 0 fully saturated rings. The molecular formula is C20H18FN5O2. The van der Waals surface area contributed by atoms with Crippen LogP contribution in [0.1, 0.15) is 17.9 Å². The van der Waals surface area contributed by atoms with E-state index in [0.29, 0.717) is 31.1 Å². The van der Waals surface area contributed by atoms with E-state index >= 15 is 0 Å². The van der Waals surface area contributed by atoms with Gasteiger partial charge in [0.2, 0.25) is 17.6 Å². The Morgan fingerprint density at radius 3 is 3.04 bits per heavy atom. The molecule has 0 bridgehead atoms. The van der Waals surface area contributed by atoms with Gasteiger partial charge in [0.25, 0.3) is 0 Å². The van der Waals surface area contributed by atoms with Crippen molar-refractivity contribution in [2.45, 2.75) is 19.3 Å². The number of hydrogen-bond acceptors (Lipinski definition) is 5. The van der Waals surface area contributed by atoms with Gasteiger partial charge in [-0.2, -0.15) is 4.98 Å². The van der Waals surface area contributed by atoms with Gasteiger partial charge in [0.1, 0.15) is 5.82 Å². The average molecular weight is 379 g/mol. The Balaban J connectivity index is 1.26. The smallest absolute Gasteiger partial charge is 0.227 e. The summed E-state index contributed by atoms with van der Waals surface area (Å²) in [4.78, 5) is 23.5. The monoisotopic (exact) mass is 379 g/mol. The van der Waals surface area contributed by atoms with E-state index in [2.05, 4.69) is 25.4 Å². The molecule has 0 radical (unpaired) electrons. The molecule has 3 aromatic heterocycles. The summed E-state index contributed by atoms with van der Waals surface area (Å²) in [6.45, 7) is 0.465. The number of nitrogens with one attached hydrogen (secondary N) is 2. The Morgan fingerprint density at radius 2 is 2.18 bits per heavy atom. The van der Waals surface area contributed by atoms with Gasteiger partial charge >= 0.3 is 0 Å². The summed E-state index contributed by atoms with van der Waals surface area (Å²) in [6.07, 6.45) is 6.38. The number of pyridine rings is 1. The molecule has 0 saturated heterocycles. The lowest BCUT2D eigenvalue weighted by molar-refractivity contribution is -0.121. The maximum atomic E-state index is 13.4. The van der Waals surface area contributed by atoms with Crippen LogP contribution in [0.3, 0.4) is 0 Å². The van der Waals surface area contributed by atoms with Gasteiger partial charge in [0.05, 0.1) is 0 Å². The minimum atomic E-state index is -0.275. The van der Waals surface area contributed by atoms with Crippen LogP contribution < -0.4 is 5.32 Å². The van der Waals surface area contributed by atoms with E-state index in [0.717, 1.165) is 22.0 Å². The molecule has 0 aliphatic carbocycles. The number of H-pyrrole nitrogens is 1. The molecule has 4 aromatic rings. The molecule has 0 spiro atoms. The molecule has 0 atom stereocenters. The summed E-state index contributed by atoms with van der Waals surface area (Å²) in [5, 5.41) is 7.60. The number of rotatable bonds is 7. The number of aryl methyl sites for hydroxylation is 1. The van der Waals surface area contributed by atoms with Crippen molar-refractivity contribution >= 4 is 16.8 Å². The van der Waals surface area contributed by atoms with E-state index in [1.165, 1.54) is 12.1 Å². The van der Waals surface area contributed by atoms with Crippen molar-refractivity contribution in [2.75, 3.05) is 6.54 Å². The van der Waals surface area contributed by atoms with Crippen molar-refractivity contribution in [3.8, 4) is 11.4 Å². The van der Waals surface area contributed by atoms with Crippen molar-refractivity contribution in [3.63, 3.8) is 0 Å². The summed E-state index contributed by atoms with van der Waals surface area (Å²) in [6, 6.07) is 8.25. The maximum absolute atomic E-state index is 13.4. The fraction of sp³-hybridized carbons (Fsp3) is 0.200. The van der Waals surface area contributed by atoms with Crippen LogP contribution in [-0.4, -0.2) is 32.6 Å². The molecule has 0 saturated carbocycles. The molecule has 0 aliphatic heterocycles. The fourth-order valence-corrected chi connectivity index (χ4v) is 2.97. The Hall–Kier alpha value is -3.55. The number of benzene rings is 1. The molecule has 0 unspecified atom stereocenters. The predicted octanol–water partition coefficient (Wildman–Crippen LogP) is 3.04. The second-order valence-corrected chi connectivity index (χ2v) is 6.36. The predicted molar refractivity (Wildman–Crippen MR) is 101 cm³/mol.